The van der Waals surface area contributed by atoms with Crippen LogP contribution in [0, 0.1) is 0 Å². The Labute approximate surface area is 114 Å². The van der Waals surface area contributed by atoms with Crippen LogP contribution < -0.4 is 10.5 Å². The van der Waals surface area contributed by atoms with Crippen LogP contribution in [-0.4, -0.2) is 6.10 Å². The van der Waals surface area contributed by atoms with E-state index in [0.717, 1.165) is 17.7 Å². The first kappa shape index (κ1) is 12.2. The summed E-state index contributed by atoms with van der Waals surface area (Å²) in [5.74, 6) is 1.29. The van der Waals surface area contributed by atoms with Gasteiger partial charge in [-0.15, -0.1) is 0 Å². The highest BCUT2D eigenvalue weighted by atomic mass is 16.5. The average molecular weight is 253 g/mol. The van der Waals surface area contributed by atoms with E-state index in [1.54, 1.807) is 0 Å². The molecule has 3 rings (SSSR count). The lowest BCUT2D eigenvalue weighted by atomic mass is 9.87. The number of hydrogen-bond donors (Lipinski definition) is 1. The zero-order valence-electron chi connectivity index (χ0n) is 11.1. The fourth-order valence-corrected chi connectivity index (χ4v) is 2.76. The maximum atomic E-state index is 6.27. The van der Waals surface area contributed by atoms with Gasteiger partial charge < -0.3 is 10.5 Å². The van der Waals surface area contributed by atoms with Crippen LogP contribution in [0.1, 0.15) is 36.4 Å². The molecular formula is C17H19NO. The largest absolute Gasteiger partial charge is 0.489 e. The summed E-state index contributed by atoms with van der Waals surface area (Å²) in [5, 5.41) is 0. The summed E-state index contributed by atoms with van der Waals surface area (Å²) >= 11 is 0. The summed E-state index contributed by atoms with van der Waals surface area (Å²) in [4.78, 5) is 0. The Morgan fingerprint density at radius 2 is 1.74 bits per heavy atom. The smallest absolute Gasteiger partial charge is 0.124 e. The molecule has 2 aromatic carbocycles. The van der Waals surface area contributed by atoms with E-state index in [1.807, 2.05) is 24.3 Å². The fraction of sp³-hybridized carbons (Fsp3) is 0.294. The Balaban J connectivity index is 1.85. The van der Waals surface area contributed by atoms with Crippen molar-refractivity contribution in [2.45, 2.75) is 31.4 Å². The number of ether oxygens (including phenoxy) is 1. The van der Waals surface area contributed by atoms with Crippen molar-refractivity contribution in [3.05, 3.63) is 65.7 Å². The molecule has 0 saturated carbocycles. The van der Waals surface area contributed by atoms with E-state index >= 15 is 0 Å². The third kappa shape index (κ3) is 2.36. The van der Waals surface area contributed by atoms with E-state index < -0.39 is 0 Å². The van der Waals surface area contributed by atoms with Gasteiger partial charge in [0.15, 0.2) is 0 Å². The number of fused-ring (bicyclic) bond motifs is 1. The molecule has 2 heteroatoms. The minimum atomic E-state index is 0.0705. The fourth-order valence-electron chi connectivity index (χ4n) is 2.76. The Kier molecular flexibility index (Phi) is 3.26. The number of rotatable bonds is 2. The zero-order chi connectivity index (χ0) is 13.2. The molecule has 2 aromatic rings. The maximum Gasteiger partial charge on any atom is 0.124 e. The molecule has 0 aliphatic carbocycles. The number of benzene rings is 2. The summed E-state index contributed by atoms with van der Waals surface area (Å²) in [7, 11) is 0. The summed E-state index contributed by atoms with van der Waals surface area (Å²) < 4.78 is 6.14. The third-order valence-electron chi connectivity index (χ3n) is 3.97. The summed E-state index contributed by atoms with van der Waals surface area (Å²) in [6.07, 6.45) is 1.01. The van der Waals surface area contributed by atoms with Gasteiger partial charge in [0, 0.05) is 23.9 Å². The van der Waals surface area contributed by atoms with Crippen molar-refractivity contribution >= 4 is 0 Å². The predicted octanol–water partition coefficient (Wildman–Crippen LogP) is 3.64. The van der Waals surface area contributed by atoms with E-state index in [9.17, 15) is 0 Å². The summed E-state index contributed by atoms with van der Waals surface area (Å²) in [6.45, 7) is 2.21. The van der Waals surface area contributed by atoms with E-state index in [4.69, 9.17) is 10.5 Å². The van der Waals surface area contributed by atoms with Crippen molar-refractivity contribution in [3.63, 3.8) is 0 Å². The lowest BCUT2D eigenvalue weighted by Crippen LogP contribution is -2.33. The van der Waals surface area contributed by atoms with Gasteiger partial charge in [0.05, 0.1) is 0 Å². The van der Waals surface area contributed by atoms with Gasteiger partial charge in [-0.2, -0.15) is 0 Å². The van der Waals surface area contributed by atoms with Crippen LogP contribution >= 0.6 is 0 Å². The SMILES string of the molecule is CC(c1ccccc1)C1CC(N)c2ccccc2O1. The molecule has 0 fully saturated rings. The van der Waals surface area contributed by atoms with E-state index in [2.05, 4.69) is 37.3 Å². The highest BCUT2D eigenvalue weighted by molar-refractivity contribution is 5.38. The molecule has 1 aliphatic heterocycles. The molecule has 0 bridgehead atoms. The maximum absolute atomic E-state index is 6.27. The lowest BCUT2D eigenvalue weighted by Gasteiger charge is -2.34. The molecule has 19 heavy (non-hydrogen) atoms. The van der Waals surface area contributed by atoms with Gasteiger partial charge in [0.2, 0.25) is 0 Å². The van der Waals surface area contributed by atoms with Crippen molar-refractivity contribution in [2.75, 3.05) is 0 Å². The quantitative estimate of drug-likeness (QED) is 0.886. The molecular weight excluding hydrogens is 234 g/mol. The van der Waals surface area contributed by atoms with Gasteiger partial charge >= 0.3 is 0 Å². The highest BCUT2D eigenvalue weighted by Crippen LogP contribution is 2.37. The molecule has 2 nitrogen and oxygen atoms in total. The molecule has 0 saturated heterocycles. The molecule has 0 amide bonds. The van der Waals surface area contributed by atoms with Crippen molar-refractivity contribution in [1.82, 2.24) is 0 Å². The molecule has 1 heterocycles. The van der Waals surface area contributed by atoms with Crippen molar-refractivity contribution in [1.29, 1.82) is 0 Å². The average Bonchev–Trinajstić information content (AvgIpc) is 2.47. The van der Waals surface area contributed by atoms with Gasteiger partial charge in [-0.25, -0.2) is 0 Å². The van der Waals surface area contributed by atoms with Crippen LogP contribution in [0.15, 0.2) is 54.6 Å². The van der Waals surface area contributed by atoms with Gasteiger partial charge in [0.25, 0.3) is 0 Å². The second kappa shape index (κ2) is 5.06. The van der Waals surface area contributed by atoms with E-state index in [0.29, 0.717) is 5.92 Å². The van der Waals surface area contributed by atoms with Crippen LogP contribution in [0.4, 0.5) is 0 Å². The van der Waals surface area contributed by atoms with Gasteiger partial charge in [0.1, 0.15) is 11.9 Å². The van der Waals surface area contributed by atoms with E-state index in [1.165, 1.54) is 5.56 Å². The van der Waals surface area contributed by atoms with E-state index in [-0.39, 0.29) is 12.1 Å². The van der Waals surface area contributed by atoms with Gasteiger partial charge in [-0.3, -0.25) is 0 Å². The standard InChI is InChI=1S/C17H19NO/c1-12(13-7-3-2-4-8-13)17-11-15(18)14-9-5-6-10-16(14)19-17/h2-10,12,15,17H,11,18H2,1H3. The lowest BCUT2D eigenvalue weighted by molar-refractivity contribution is 0.136. The zero-order valence-corrected chi connectivity index (χ0v) is 11.1. The molecule has 1 aliphatic rings. The van der Waals surface area contributed by atoms with Crippen LogP contribution in [0.3, 0.4) is 0 Å². The molecule has 98 valence electrons. The first-order valence-electron chi connectivity index (χ1n) is 6.82. The van der Waals surface area contributed by atoms with Crippen LogP contribution in [0.2, 0.25) is 0 Å². The molecule has 0 aromatic heterocycles. The Morgan fingerprint density at radius 3 is 2.53 bits per heavy atom. The van der Waals surface area contributed by atoms with Crippen molar-refractivity contribution in [3.8, 4) is 5.75 Å². The number of para-hydroxylation sites is 1. The first-order valence-corrected chi connectivity index (χ1v) is 6.82. The van der Waals surface area contributed by atoms with Crippen LogP contribution in [0.25, 0.3) is 0 Å². The minimum Gasteiger partial charge on any atom is -0.489 e. The van der Waals surface area contributed by atoms with Crippen LogP contribution in [0.5, 0.6) is 5.75 Å². The Bertz CT molecular complexity index is 552. The first-order chi connectivity index (χ1) is 9.25. The third-order valence-corrected chi connectivity index (χ3v) is 3.97. The topological polar surface area (TPSA) is 35.2 Å². The van der Waals surface area contributed by atoms with Crippen molar-refractivity contribution in [2.24, 2.45) is 5.73 Å². The molecule has 0 radical (unpaired) electrons. The molecule has 3 atom stereocenters. The Morgan fingerprint density at radius 1 is 1.05 bits per heavy atom. The molecule has 0 spiro atoms. The van der Waals surface area contributed by atoms with Crippen LogP contribution in [-0.2, 0) is 0 Å². The van der Waals surface area contributed by atoms with Gasteiger partial charge in [-0.1, -0.05) is 55.5 Å². The number of nitrogens with two attached hydrogens (primary N) is 1. The summed E-state index contributed by atoms with van der Waals surface area (Å²) in [6, 6.07) is 18.7. The highest BCUT2D eigenvalue weighted by Gasteiger charge is 2.29. The summed E-state index contributed by atoms with van der Waals surface area (Å²) in [5.41, 5.74) is 8.70. The predicted molar refractivity (Wildman–Crippen MR) is 77.3 cm³/mol. The monoisotopic (exact) mass is 253 g/mol. The minimum absolute atomic E-state index is 0.0705. The van der Waals surface area contributed by atoms with Gasteiger partial charge in [-0.05, 0) is 11.6 Å². The second-order valence-electron chi connectivity index (χ2n) is 5.24. The normalized spacial score (nSPS) is 23.3. The Hall–Kier alpha value is -1.80. The molecule has 2 N–H and O–H groups in total. The van der Waals surface area contributed by atoms with Crippen molar-refractivity contribution < 1.29 is 4.74 Å². The second-order valence-corrected chi connectivity index (χ2v) is 5.24. The molecule has 3 unspecified atom stereocenters. The number of hydrogen-bond acceptors (Lipinski definition) is 2.